The lowest BCUT2D eigenvalue weighted by Gasteiger charge is -2.13. The second kappa shape index (κ2) is 4.93. The van der Waals surface area contributed by atoms with E-state index < -0.39 is 25.6 Å². The maximum Gasteiger partial charge on any atom is 0.488 e. The molecular weight excluding hydrogens is 199 g/mol. The first-order chi connectivity index (χ1) is 7.02. The Bertz CT molecular complexity index is 352. The third-order valence-corrected chi connectivity index (χ3v) is 2.00. The largest absolute Gasteiger partial charge is 0.488 e. The first-order valence-corrected chi connectivity index (χ1v) is 4.37. The number of carbonyl (C=O) groups is 1. The zero-order chi connectivity index (χ0) is 11.4. The molecule has 0 saturated heterocycles. The molecule has 0 aliphatic heterocycles. The highest BCUT2D eigenvalue weighted by Crippen LogP contribution is 2.14. The van der Waals surface area contributed by atoms with Gasteiger partial charge in [0, 0.05) is 0 Å². The standard InChI is InChI=1S/C9H11BO5/c11-8(5-9(12)13)6-3-1-2-4-7(6)10(14)15/h1-4,8,11,14-15H,5H2,(H,12,13)/t8-/m0/s1. The number of hydrogen-bond acceptors (Lipinski definition) is 4. The molecular formula is C9H11BO5. The summed E-state index contributed by atoms with van der Waals surface area (Å²) in [6.45, 7) is 0. The molecule has 0 heterocycles. The number of carboxylic acids is 1. The third kappa shape index (κ3) is 3.05. The van der Waals surface area contributed by atoms with E-state index in [4.69, 9.17) is 15.2 Å². The smallest absolute Gasteiger partial charge is 0.481 e. The van der Waals surface area contributed by atoms with Gasteiger partial charge >= 0.3 is 13.1 Å². The van der Waals surface area contributed by atoms with Gasteiger partial charge in [0.15, 0.2) is 0 Å². The van der Waals surface area contributed by atoms with Gasteiger partial charge in [-0.05, 0) is 11.0 Å². The topological polar surface area (TPSA) is 98.0 Å². The number of aliphatic hydroxyl groups is 1. The van der Waals surface area contributed by atoms with E-state index in [1.165, 1.54) is 12.1 Å². The minimum Gasteiger partial charge on any atom is -0.481 e. The fourth-order valence-electron chi connectivity index (χ4n) is 1.32. The zero-order valence-corrected chi connectivity index (χ0v) is 7.87. The highest BCUT2D eigenvalue weighted by atomic mass is 16.4. The fourth-order valence-corrected chi connectivity index (χ4v) is 1.32. The maximum atomic E-state index is 10.4. The molecule has 0 radical (unpaired) electrons. The minimum atomic E-state index is -1.72. The second-order valence-corrected chi connectivity index (χ2v) is 3.12. The fraction of sp³-hybridized carbons (Fsp3) is 0.222. The Hall–Kier alpha value is -1.37. The number of benzene rings is 1. The number of aliphatic hydroxyl groups excluding tert-OH is 1. The van der Waals surface area contributed by atoms with Crippen LogP contribution in [0.5, 0.6) is 0 Å². The van der Waals surface area contributed by atoms with E-state index >= 15 is 0 Å². The SMILES string of the molecule is O=C(O)C[C@H](O)c1ccccc1B(O)O. The van der Waals surface area contributed by atoms with Gasteiger partial charge in [-0.25, -0.2) is 0 Å². The van der Waals surface area contributed by atoms with Gasteiger partial charge in [-0.15, -0.1) is 0 Å². The van der Waals surface area contributed by atoms with Gasteiger partial charge in [0.05, 0.1) is 12.5 Å². The molecule has 15 heavy (non-hydrogen) atoms. The highest BCUT2D eigenvalue weighted by Gasteiger charge is 2.21. The van der Waals surface area contributed by atoms with Crippen molar-refractivity contribution in [1.82, 2.24) is 0 Å². The summed E-state index contributed by atoms with van der Waals surface area (Å²) in [6, 6.07) is 6.05. The molecule has 0 spiro atoms. The van der Waals surface area contributed by atoms with Gasteiger partial charge in [-0.3, -0.25) is 4.79 Å². The summed E-state index contributed by atoms with van der Waals surface area (Å²) in [5, 5.41) is 36.0. The molecule has 0 amide bonds. The molecule has 1 aromatic carbocycles. The summed E-state index contributed by atoms with van der Waals surface area (Å²) in [5.41, 5.74) is 0.334. The van der Waals surface area contributed by atoms with Gasteiger partial charge < -0.3 is 20.3 Å². The Balaban J connectivity index is 2.97. The van der Waals surface area contributed by atoms with Crippen LogP contribution in [0.2, 0.25) is 0 Å². The summed E-state index contributed by atoms with van der Waals surface area (Å²) in [4.78, 5) is 10.4. The highest BCUT2D eigenvalue weighted by molar-refractivity contribution is 6.59. The first kappa shape index (κ1) is 11.7. The van der Waals surface area contributed by atoms with Gasteiger partial charge in [-0.2, -0.15) is 0 Å². The van der Waals surface area contributed by atoms with Crippen molar-refractivity contribution in [3.05, 3.63) is 29.8 Å². The molecule has 0 unspecified atom stereocenters. The van der Waals surface area contributed by atoms with Crippen LogP contribution < -0.4 is 5.46 Å². The maximum absolute atomic E-state index is 10.4. The van der Waals surface area contributed by atoms with Crippen LogP contribution in [0.1, 0.15) is 18.1 Å². The Kier molecular flexibility index (Phi) is 3.84. The van der Waals surface area contributed by atoms with E-state index in [9.17, 15) is 9.90 Å². The summed E-state index contributed by atoms with van der Waals surface area (Å²) < 4.78 is 0. The molecule has 1 atom stereocenters. The van der Waals surface area contributed by atoms with Crippen LogP contribution in [0.3, 0.4) is 0 Å². The van der Waals surface area contributed by atoms with E-state index in [2.05, 4.69) is 0 Å². The minimum absolute atomic E-state index is 0.117. The van der Waals surface area contributed by atoms with Gasteiger partial charge in [0.2, 0.25) is 0 Å². The molecule has 1 aromatic rings. The Morgan fingerprint density at radius 1 is 1.33 bits per heavy atom. The summed E-state index contributed by atoms with van der Waals surface area (Å²) in [7, 11) is -1.72. The molecule has 0 aromatic heterocycles. The second-order valence-electron chi connectivity index (χ2n) is 3.12. The van der Waals surface area contributed by atoms with Crippen molar-refractivity contribution in [2.24, 2.45) is 0 Å². The van der Waals surface area contributed by atoms with Crippen LogP contribution in [0.25, 0.3) is 0 Å². The molecule has 0 fully saturated rings. The van der Waals surface area contributed by atoms with Gasteiger partial charge in [0.1, 0.15) is 0 Å². The number of carboxylic acid groups (broad SMARTS) is 1. The number of hydrogen-bond donors (Lipinski definition) is 4. The normalized spacial score (nSPS) is 12.2. The Morgan fingerprint density at radius 3 is 2.47 bits per heavy atom. The number of aliphatic carboxylic acids is 1. The quantitative estimate of drug-likeness (QED) is 0.471. The summed E-state index contributed by atoms with van der Waals surface area (Å²) >= 11 is 0. The monoisotopic (exact) mass is 210 g/mol. The van der Waals surface area contributed by atoms with Crippen LogP contribution in [0.15, 0.2) is 24.3 Å². The average molecular weight is 210 g/mol. The van der Waals surface area contributed by atoms with Crippen molar-refractivity contribution in [2.45, 2.75) is 12.5 Å². The van der Waals surface area contributed by atoms with E-state index in [0.717, 1.165) is 0 Å². The third-order valence-electron chi connectivity index (χ3n) is 2.00. The molecule has 0 aliphatic carbocycles. The molecule has 80 valence electrons. The van der Waals surface area contributed by atoms with Crippen LogP contribution in [0.4, 0.5) is 0 Å². The van der Waals surface area contributed by atoms with Crippen molar-refractivity contribution in [2.75, 3.05) is 0 Å². The average Bonchev–Trinajstić information content (AvgIpc) is 2.16. The van der Waals surface area contributed by atoms with Crippen molar-refractivity contribution in [1.29, 1.82) is 0 Å². The molecule has 6 heteroatoms. The van der Waals surface area contributed by atoms with Crippen molar-refractivity contribution >= 4 is 18.6 Å². The molecule has 1 rings (SSSR count). The molecule has 0 bridgehead atoms. The van der Waals surface area contributed by atoms with E-state index in [-0.39, 0.29) is 11.0 Å². The number of rotatable bonds is 4. The molecule has 0 aliphatic rings. The Labute approximate surface area is 86.8 Å². The molecule has 0 saturated carbocycles. The summed E-state index contributed by atoms with van der Waals surface area (Å²) in [5.74, 6) is -1.15. The molecule has 4 N–H and O–H groups in total. The molecule has 5 nitrogen and oxygen atoms in total. The predicted octanol–water partition coefficient (Wildman–Crippen LogP) is -1.13. The van der Waals surface area contributed by atoms with Crippen LogP contribution in [-0.4, -0.2) is 33.3 Å². The zero-order valence-electron chi connectivity index (χ0n) is 7.87. The Morgan fingerprint density at radius 2 is 1.93 bits per heavy atom. The van der Waals surface area contributed by atoms with Crippen LogP contribution in [0, 0.1) is 0 Å². The van der Waals surface area contributed by atoms with Crippen LogP contribution >= 0.6 is 0 Å². The lowest BCUT2D eigenvalue weighted by Crippen LogP contribution is -2.34. The lowest BCUT2D eigenvalue weighted by molar-refractivity contribution is -0.139. The van der Waals surface area contributed by atoms with Crippen LogP contribution in [-0.2, 0) is 4.79 Å². The van der Waals surface area contributed by atoms with E-state index in [1.807, 2.05) is 0 Å². The first-order valence-electron chi connectivity index (χ1n) is 4.37. The van der Waals surface area contributed by atoms with Gasteiger partial charge in [-0.1, -0.05) is 24.3 Å². The predicted molar refractivity (Wildman–Crippen MR) is 53.5 cm³/mol. The van der Waals surface area contributed by atoms with Gasteiger partial charge in [0.25, 0.3) is 0 Å². The van der Waals surface area contributed by atoms with E-state index in [1.54, 1.807) is 12.1 Å². The van der Waals surface area contributed by atoms with Crippen molar-refractivity contribution in [3.63, 3.8) is 0 Å². The summed E-state index contributed by atoms with van der Waals surface area (Å²) in [6.07, 6.45) is -1.70. The van der Waals surface area contributed by atoms with Crippen molar-refractivity contribution < 1.29 is 25.1 Å². The lowest BCUT2D eigenvalue weighted by atomic mass is 9.75. The van der Waals surface area contributed by atoms with Crippen molar-refractivity contribution in [3.8, 4) is 0 Å². The van der Waals surface area contributed by atoms with E-state index in [0.29, 0.717) is 0 Å².